The molecule has 0 unspecified atom stereocenters. The van der Waals surface area contributed by atoms with E-state index in [0.29, 0.717) is 25.6 Å². The Morgan fingerprint density at radius 3 is 2.62 bits per heavy atom. The molecule has 24 heavy (non-hydrogen) atoms. The predicted molar refractivity (Wildman–Crippen MR) is 92.3 cm³/mol. The summed E-state index contributed by atoms with van der Waals surface area (Å²) >= 11 is 0. The van der Waals surface area contributed by atoms with Crippen molar-refractivity contribution in [1.82, 2.24) is 4.90 Å². The summed E-state index contributed by atoms with van der Waals surface area (Å²) in [6.07, 6.45) is 4.49. The highest BCUT2D eigenvalue weighted by atomic mass is 16.5. The zero-order valence-electron chi connectivity index (χ0n) is 14.2. The van der Waals surface area contributed by atoms with Gasteiger partial charge in [0.15, 0.2) is 0 Å². The number of benzene rings is 1. The molecule has 1 amide bonds. The lowest BCUT2D eigenvalue weighted by molar-refractivity contribution is -0.136. The molecule has 1 saturated heterocycles. The third-order valence-electron chi connectivity index (χ3n) is 5.42. The highest BCUT2D eigenvalue weighted by molar-refractivity contribution is 5.79. The minimum atomic E-state index is 0.231. The minimum Gasteiger partial charge on any atom is -0.491 e. The zero-order valence-corrected chi connectivity index (χ0v) is 14.2. The van der Waals surface area contributed by atoms with Gasteiger partial charge in [-0.3, -0.25) is 4.79 Å². The number of amides is 1. The third kappa shape index (κ3) is 3.22. The van der Waals surface area contributed by atoms with Crippen LogP contribution in [0.3, 0.4) is 0 Å². The monoisotopic (exact) mass is 330 g/mol. The fourth-order valence-electron chi connectivity index (χ4n) is 4.02. The quantitative estimate of drug-likeness (QED) is 0.835. The molecule has 4 rings (SSSR count). The Bertz CT molecular complexity index is 592. The minimum absolute atomic E-state index is 0.231. The number of fused-ring (bicyclic) bond motifs is 1. The van der Waals surface area contributed by atoms with Crippen molar-refractivity contribution in [2.24, 2.45) is 5.92 Å². The first-order chi connectivity index (χ1) is 11.8. The van der Waals surface area contributed by atoms with Crippen LogP contribution < -0.4 is 9.64 Å². The van der Waals surface area contributed by atoms with E-state index < -0.39 is 0 Å². The summed E-state index contributed by atoms with van der Waals surface area (Å²) < 4.78 is 11.3. The summed E-state index contributed by atoms with van der Waals surface area (Å²) in [5.74, 6) is 1.48. The number of hydrogen-bond donors (Lipinski definition) is 0. The Labute approximate surface area is 143 Å². The number of carbonyl (C=O) groups is 1. The largest absolute Gasteiger partial charge is 0.491 e. The molecule has 1 aromatic rings. The SMILES string of the molecule is O=C(C1CCCC1)N1CCOc2ccc(N3CCOCC3)cc2C1. The number of anilines is 1. The molecule has 0 aromatic heterocycles. The maximum absolute atomic E-state index is 12.8. The lowest BCUT2D eigenvalue weighted by Gasteiger charge is -2.29. The van der Waals surface area contributed by atoms with Gasteiger partial charge in [-0.25, -0.2) is 0 Å². The first-order valence-corrected chi connectivity index (χ1v) is 9.18. The van der Waals surface area contributed by atoms with E-state index in [1.807, 2.05) is 4.90 Å². The van der Waals surface area contributed by atoms with Gasteiger partial charge in [0.1, 0.15) is 12.4 Å². The highest BCUT2D eigenvalue weighted by Gasteiger charge is 2.29. The van der Waals surface area contributed by atoms with Crippen LogP contribution in [0, 0.1) is 5.92 Å². The van der Waals surface area contributed by atoms with Gasteiger partial charge >= 0.3 is 0 Å². The van der Waals surface area contributed by atoms with Crippen LogP contribution in [0.2, 0.25) is 0 Å². The second-order valence-corrected chi connectivity index (χ2v) is 6.98. The molecular weight excluding hydrogens is 304 g/mol. The summed E-state index contributed by atoms with van der Waals surface area (Å²) in [6.45, 7) is 5.34. The van der Waals surface area contributed by atoms with E-state index in [2.05, 4.69) is 23.1 Å². The molecule has 1 saturated carbocycles. The maximum atomic E-state index is 12.8. The Kier molecular flexibility index (Phi) is 4.60. The highest BCUT2D eigenvalue weighted by Crippen LogP contribution is 2.31. The number of morpholine rings is 1. The van der Waals surface area contributed by atoms with Crippen LogP contribution in [0.5, 0.6) is 5.75 Å². The van der Waals surface area contributed by atoms with Crippen molar-refractivity contribution in [2.45, 2.75) is 32.2 Å². The summed E-state index contributed by atoms with van der Waals surface area (Å²) in [6, 6.07) is 6.38. The average molecular weight is 330 g/mol. The van der Waals surface area contributed by atoms with Crippen molar-refractivity contribution >= 4 is 11.6 Å². The number of rotatable bonds is 2. The second-order valence-electron chi connectivity index (χ2n) is 6.98. The van der Waals surface area contributed by atoms with Crippen LogP contribution in [0.1, 0.15) is 31.2 Å². The summed E-state index contributed by atoms with van der Waals surface area (Å²) in [5, 5.41) is 0. The molecule has 0 radical (unpaired) electrons. The molecule has 0 N–H and O–H groups in total. The van der Waals surface area contributed by atoms with Crippen molar-refractivity contribution in [3.8, 4) is 5.75 Å². The molecule has 1 aliphatic carbocycles. The third-order valence-corrected chi connectivity index (χ3v) is 5.42. The van der Waals surface area contributed by atoms with Crippen molar-refractivity contribution in [3.05, 3.63) is 23.8 Å². The molecule has 2 aliphatic heterocycles. The molecule has 3 aliphatic rings. The van der Waals surface area contributed by atoms with Gasteiger partial charge in [-0.2, -0.15) is 0 Å². The predicted octanol–water partition coefficient (Wildman–Crippen LogP) is 2.43. The average Bonchev–Trinajstić information content (AvgIpc) is 3.08. The summed E-state index contributed by atoms with van der Waals surface area (Å²) in [4.78, 5) is 17.1. The topological polar surface area (TPSA) is 42.0 Å². The molecule has 0 spiro atoms. The molecule has 5 nitrogen and oxygen atoms in total. The van der Waals surface area contributed by atoms with Crippen molar-refractivity contribution in [1.29, 1.82) is 0 Å². The summed E-state index contributed by atoms with van der Waals surface area (Å²) in [7, 11) is 0. The van der Waals surface area contributed by atoms with Crippen LogP contribution in [-0.2, 0) is 16.1 Å². The van der Waals surface area contributed by atoms with E-state index in [1.165, 1.54) is 18.5 Å². The second kappa shape index (κ2) is 7.01. The smallest absolute Gasteiger partial charge is 0.226 e. The first kappa shape index (κ1) is 15.8. The first-order valence-electron chi connectivity index (χ1n) is 9.18. The van der Waals surface area contributed by atoms with Gasteiger partial charge in [0.2, 0.25) is 5.91 Å². The fourth-order valence-corrected chi connectivity index (χ4v) is 4.02. The number of ether oxygens (including phenoxy) is 2. The Balaban J connectivity index is 1.53. The fraction of sp³-hybridized carbons (Fsp3) is 0.632. The van der Waals surface area contributed by atoms with Crippen molar-refractivity contribution in [2.75, 3.05) is 44.4 Å². The van der Waals surface area contributed by atoms with E-state index in [4.69, 9.17) is 9.47 Å². The van der Waals surface area contributed by atoms with Crippen LogP contribution in [0.15, 0.2) is 18.2 Å². The summed E-state index contributed by atoms with van der Waals surface area (Å²) in [5.41, 5.74) is 2.33. The van der Waals surface area contributed by atoms with Gasteiger partial charge in [-0.05, 0) is 31.0 Å². The van der Waals surface area contributed by atoms with Gasteiger partial charge in [0.25, 0.3) is 0 Å². The number of hydrogen-bond acceptors (Lipinski definition) is 4. The van der Waals surface area contributed by atoms with Crippen molar-refractivity contribution < 1.29 is 14.3 Å². The van der Waals surface area contributed by atoms with E-state index in [9.17, 15) is 4.79 Å². The number of nitrogens with zero attached hydrogens (tertiary/aromatic N) is 2. The van der Waals surface area contributed by atoms with Crippen LogP contribution in [0.25, 0.3) is 0 Å². The Morgan fingerprint density at radius 1 is 1.04 bits per heavy atom. The molecule has 5 heteroatoms. The van der Waals surface area contributed by atoms with E-state index in [0.717, 1.165) is 50.5 Å². The maximum Gasteiger partial charge on any atom is 0.226 e. The van der Waals surface area contributed by atoms with E-state index >= 15 is 0 Å². The molecule has 0 bridgehead atoms. The molecular formula is C19H26N2O3. The van der Waals surface area contributed by atoms with Gasteiger partial charge in [-0.15, -0.1) is 0 Å². The lowest BCUT2D eigenvalue weighted by atomic mass is 10.1. The Morgan fingerprint density at radius 2 is 1.83 bits per heavy atom. The van der Waals surface area contributed by atoms with Gasteiger partial charge in [0.05, 0.1) is 19.8 Å². The molecule has 1 aromatic carbocycles. The van der Waals surface area contributed by atoms with Crippen LogP contribution in [-0.4, -0.2) is 50.3 Å². The van der Waals surface area contributed by atoms with Gasteiger partial charge < -0.3 is 19.3 Å². The van der Waals surface area contributed by atoms with Crippen LogP contribution in [0.4, 0.5) is 5.69 Å². The number of carbonyl (C=O) groups excluding carboxylic acids is 1. The lowest BCUT2D eigenvalue weighted by Crippen LogP contribution is -2.37. The van der Waals surface area contributed by atoms with E-state index in [1.54, 1.807) is 0 Å². The normalized spacial score (nSPS) is 22.0. The Hall–Kier alpha value is -1.75. The van der Waals surface area contributed by atoms with Gasteiger partial charge in [-0.1, -0.05) is 12.8 Å². The molecule has 130 valence electrons. The standard InChI is InChI=1S/C19H26N2O3/c22-19(15-3-1-2-4-15)21-9-12-24-18-6-5-17(13-16(18)14-21)20-7-10-23-11-8-20/h5-6,13,15H,1-4,7-12,14H2. The molecule has 2 heterocycles. The zero-order chi connectivity index (χ0) is 16.4. The van der Waals surface area contributed by atoms with Gasteiger partial charge in [0, 0.05) is 36.8 Å². The molecule has 2 fully saturated rings. The van der Waals surface area contributed by atoms with E-state index in [-0.39, 0.29) is 5.92 Å². The van der Waals surface area contributed by atoms with Crippen molar-refractivity contribution in [3.63, 3.8) is 0 Å². The molecule has 0 atom stereocenters. The van der Waals surface area contributed by atoms with Crippen LogP contribution >= 0.6 is 0 Å².